The van der Waals surface area contributed by atoms with Crippen LogP contribution in [0.4, 0.5) is 0 Å². The second-order valence-corrected chi connectivity index (χ2v) is 14.9. The molecule has 3 heteroatoms. The van der Waals surface area contributed by atoms with Crippen molar-refractivity contribution in [1.29, 1.82) is 0 Å². The molecule has 0 radical (unpaired) electrons. The van der Waals surface area contributed by atoms with Crippen LogP contribution in [-0.2, 0) is 5.41 Å². The maximum atomic E-state index is 6.50. The number of para-hydroxylation sites is 2. The number of hydrogen-bond acceptors (Lipinski definition) is 3. The van der Waals surface area contributed by atoms with E-state index in [0.717, 1.165) is 55.4 Å². The first-order valence-electron chi connectivity index (χ1n) is 18.6. The summed E-state index contributed by atoms with van der Waals surface area (Å²) in [5.41, 5.74) is 14.1. The zero-order valence-electron chi connectivity index (χ0n) is 30.0. The zero-order valence-corrected chi connectivity index (χ0v) is 30.0. The molecule has 1 aliphatic rings. The Morgan fingerprint density at radius 2 is 0.981 bits per heavy atom. The normalized spacial score (nSPS) is 13.1. The number of furan rings is 1. The molecule has 11 rings (SSSR count). The summed E-state index contributed by atoms with van der Waals surface area (Å²) < 4.78 is 6.50. The van der Waals surface area contributed by atoms with Crippen molar-refractivity contribution in [2.45, 2.75) is 19.3 Å². The third-order valence-corrected chi connectivity index (χ3v) is 11.5. The first kappa shape index (κ1) is 30.8. The van der Waals surface area contributed by atoms with Crippen LogP contribution in [0.25, 0.3) is 99.6 Å². The molecule has 0 aliphatic heterocycles. The molecule has 3 nitrogen and oxygen atoms in total. The third kappa shape index (κ3) is 4.48. The first-order valence-corrected chi connectivity index (χ1v) is 18.6. The van der Waals surface area contributed by atoms with E-state index in [4.69, 9.17) is 14.4 Å². The molecule has 0 fully saturated rings. The van der Waals surface area contributed by atoms with E-state index in [1.165, 1.54) is 49.5 Å². The van der Waals surface area contributed by atoms with Crippen molar-refractivity contribution in [3.05, 3.63) is 181 Å². The van der Waals surface area contributed by atoms with Crippen LogP contribution >= 0.6 is 0 Å². The number of benzene rings is 8. The van der Waals surface area contributed by atoms with Crippen molar-refractivity contribution in [3.8, 4) is 56.2 Å². The molecule has 0 N–H and O–H groups in total. The van der Waals surface area contributed by atoms with Crippen molar-refractivity contribution in [2.75, 3.05) is 0 Å². The fourth-order valence-corrected chi connectivity index (χ4v) is 9.11. The van der Waals surface area contributed by atoms with Crippen molar-refractivity contribution >= 4 is 43.5 Å². The molecule has 0 amide bonds. The lowest BCUT2D eigenvalue weighted by molar-refractivity contribution is 0.668. The average Bonchev–Trinajstić information content (AvgIpc) is 3.73. The second kappa shape index (κ2) is 11.6. The zero-order chi connectivity index (χ0) is 36.0. The predicted molar refractivity (Wildman–Crippen MR) is 224 cm³/mol. The van der Waals surface area contributed by atoms with E-state index in [0.29, 0.717) is 5.82 Å². The standard InChI is InChI=1S/C51H34N2O/c1-51(2)47-33-17-7-6-14-31(33)26-27-40(47)39-22-12-21-38(48(39)51)36-28-29-42(35-19-9-8-18-34(35)36)50-52-44(32-15-4-3-5-16-32)30-45(53-50)43-24-13-23-41-37-20-10-11-25-46(37)54-49(41)43/h3-30H,1-2H3. The molecule has 0 saturated heterocycles. The van der Waals surface area contributed by atoms with Gasteiger partial charge in [-0.25, -0.2) is 9.97 Å². The summed E-state index contributed by atoms with van der Waals surface area (Å²) in [5.74, 6) is 0.680. The van der Waals surface area contributed by atoms with Crippen LogP contribution in [0.2, 0.25) is 0 Å². The Bertz CT molecular complexity index is 3130. The van der Waals surface area contributed by atoms with E-state index in [-0.39, 0.29) is 5.41 Å². The van der Waals surface area contributed by atoms with Gasteiger partial charge in [-0.1, -0.05) is 159 Å². The Balaban J connectivity index is 1.13. The van der Waals surface area contributed by atoms with Crippen LogP contribution in [0.15, 0.2) is 174 Å². The van der Waals surface area contributed by atoms with Crippen molar-refractivity contribution in [2.24, 2.45) is 0 Å². The molecule has 2 aromatic heterocycles. The molecule has 54 heavy (non-hydrogen) atoms. The van der Waals surface area contributed by atoms with E-state index in [9.17, 15) is 0 Å². The highest BCUT2D eigenvalue weighted by Crippen LogP contribution is 2.55. The van der Waals surface area contributed by atoms with Gasteiger partial charge >= 0.3 is 0 Å². The maximum absolute atomic E-state index is 6.50. The van der Waals surface area contributed by atoms with Gasteiger partial charge in [-0.3, -0.25) is 0 Å². The topological polar surface area (TPSA) is 38.9 Å². The van der Waals surface area contributed by atoms with Gasteiger partial charge in [0.1, 0.15) is 11.2 Å². The Morgan fingerprint density at radius 3 is 1.81 bits per heavy atom. The minimum absolute atomic E-state index is 0.193. The number of nitrogens with zero attached hydrogens (tertiary/aromatic N) is 2. The number of hydrogen-bond donors (Lipinski definition) is 0. The van der Waals surface area contributed by atoms with Crippen LogP contribution in [-0.4, -0.2) is 9.97 Å². The summed E-state index contributed by atoms with van der Waals surface area (Å²) in [7, 11) is 0. The highest BCUT2D eigenvalue weighted by Gasteiger charge is 2.39. The van der Waals surface area contributed by atoms with Gasteiger partial charge in [0.15, 0.2) is 5.82 Å². The molecule has 0 saturated carbocycles. The molecule has 0 bridgehead atoms. The average molecular weight is 691 g/mol. The number of fused-ring (bicyclic) bond motifs is 9. The summed E-state index contributed by atoms with van der Waals surface area (Å²) in [6.07, 6.45) is 0. The van der Waals surface area contributed by atoms with Crippen LogP contribution in [0.3, 0.4) is 0 Å². The van der Waals surface area contributed by atoms with Crippen LogP contribution in [0.5, 0.6) is 0 Å². The molecule has 0 spiro atoms. The summed E-state index contributed by atoms with van der Waals surface area (Å²) in [6, 6.07) is 60.4. The van der Waals surface area contributed by atoms with E-state index >= 15 is 0 Å². The largest absolute Gasteiger partial charge is 0.455 e. The molecule has 254 valence electrons. The highest BCUT2D eigenvalue weighted by atomic mass is 16.3. The van der Waals surface area contributed by atoms with E-state index in [2.05, 4.69) is 166 Å². The van der Waals surface area contributed by atoms with E-state index < -0.39 is 0 Å². The number of aromatic nitrogens is 2. The predicted octanol–water partition coefficient (Wildman–Crippen LogP) is 13.7. The van der Waals surface area contributed by atoms with Gasteiger partial charge in [-0.2, -0.15) is 0 Å². The van der Waals surface area contributed by atoms with Crippen LogP contribution in [0, 0.1) is 0 Å². The summed E-state index contributed by atoms with van der Waals surface area (Å²) in [6.45, 7) is 4.77. The smallest absolute Gasteiger partial charge is 0.161 e. The van der Waals surface area contributed by atoms with Gasteiger partial charge in [0.2, 0.25) is 0 Å². The number of rotatable bonds is 4. The van der Waals surface area contributed by atoms with Gasteiger partial charge in [0.05, 0.1) is 11.4 Å². The summed E-state index contributed by atoms with van der Waals surface area (Å²) >= 11 is 0. The van der Waals surface area contributed by atoms with Gasteiger partial charge in [0, 0.05) is 32.9 Å². The monoisotopic (exact) mass is 690 g/mol. The molecule has 10 aromatic rings. The molecule has 0 unspecified atom stereocenters. The minimum Gasteiger partial charge on any atom is -0.455 e. The molecule has 0 atom stereocenters. The SMILES string of the molecule is CC1(C)c2c(cccc2-c2ccc(-c3nc(-c4ccccc4)cc(-c4cccc5c4oc4ccccc45)n3)c3ccccc23)-c2ccc3ccccc3c21. The second-order valence-electron chi connectivity index (χ2n) is 14.9. The Hall–Kier alpha value is -6.84. The highest BCUT2D eigenvalue weighted by molar-refractivity contribution is 6.10. The van der Waals surface area contributed by atoms with Crippen LogP contribution < -0.4 is 0 Å². The molecule has 8 aromatic carbocycles. The van der Waals surface area contributed by atoms with Gasteiger partial charge < -0.3 is 4.42 Å². The van der Waals surface area contributed by atoms with Gasteiger partial charge in [0.25, 0.3) is 0 Å². The Morgan fingerprint density at radius 1 is 0.407 bits per heavy atom. The maximum Gasteiger partial charge on any atom is 0.161 e. The van der Waals surface area contributed by atoms with Crippen molar-refractivity contribution < 1.29 is 4.42 Å². The lowest BCUT2D eigenvalue weighted by atomic mass is 9.77. The first-order chi connectivity index (χ1) is 26.5. The lowest BCUT2D eigenvalue weighted by Crippen LogP contribution is -2.17. The van der Waals surface area contributed by atoms with Crippen molar-refractivity contribution in [1.82, 2.24) is 9.97 Å². The molecular weight excluding hydrogens is 657 g/mol. The van der Waals surface area contributed by atoms with Gasteiger partial charge in [-0.15, -0.1) is 0 Å². The van der Waals surface area contributed by atoms with Gasteiger partial charge in [-0.05, 0) is 79.2 Å². The molecular formula is C51H34N2O. The molecule has 2 heterocycles. The van der Waals surface area contributed by atoms with Crippen LogP contribution in [0.1, 0.15) is 25.0 Å². The minimum atomic E-state index is -0.193. The Kier molecular flexibility index (Phi) is 6.60. The Labute approximate surface area is 313 Å². The fourth-order valence-electron chi connectivity index (χ4n) is 9.11. The van der Waals surface area contributed by atoms with E-state index in [1.807, 2.05) is 18.2 Å². The summed E-state index contributed by atoms with van der Waals surface area (Å²) in [4.78, 5) is 10.6. The van der Waals surface area contributed by atoms with Crippen molar-refractivity contribution in [3.63, 3.8) is 0 Å². The van der Waals surface area contributed by atoms with E-state index in [1.54, 1.807) is 0 Å². The summed E-state index contributed by atoms with van der Waals surface area (Å²) in [5, 5.41) is 7.07. The third-order valence-electron chi connectivity index (χ3n) is 11.5. The quantitative estimate of drug-likeness (QED) is 0.184. The fraction of sp³-hybridized carbons (Fsp3) is 0.0588. The molecule has 1 aliphatic carbocycles. The lowest BCUT2D eigenvalue weighted by Gasteiger charge is -2.26.